The number of aliphatic hydroxyl groups excluding tert-OH is 1. The maximum absolute atomic E-state index is 12.3. The van der Waals surface area contributed by atoms with Gasteiger partial charge >= 0.3 is 6.03 Å². The van der Waals surface area contributed by atoms with Gasteiger partial charge in [0, 0.05) is 30.2 Å². The highest BCUT2D eigenvalue weighted by Gasteiger charge is 2.25. The summed E-state index contributed by atoms with van der Waals surface area (Å²) in [5.41, 5.74) is 1.07. The Kier molecular flexibility index (Phi) is 5.86. The zero-order chi connectivity index (χ0) is 14.4. The molecule has 1 atom stereocenters. The predicted molar refractivity (Wildman–Crippen MR) is 82.4 cm³/mol. The highest BCUT2D eigenvalue weighted by atomic mass is 79.9. The zero-order valence-electron chi connectivity index (χ0n) is 11.5. The summed E-state index contributed by atoms with van der Waals surface area (Å²) >= 11 is 3.42. The minimum absolute atomic E-state index is 0.0249. The molecule has 0 aliphatic carbocycles. The fraction of sp³-hybridized carbons (Fsp3) is 0.533. The Morgan fingerprint density at radius 2 is 2.30 bits per heavy atom. The molecule has 2 amide bonds. The molecule has 1 fully saturated rings. The van der Waals surface area contributed by atoms with E-state index >= 15 is 0 Å². The van der Waals surface area contributed by atoms with Gasteiger partial charge in [0.1, 0.15) is 0 Å². The second kappa shape index (κ2) is 7.64. The summed E-state index contributed by atoms with van der Waals surface area (Å²) < 4.78 is 1.01. The molecule has 1 aromatic rings. The molecule has 5 heteroatoms. The van der Waals surface area contributed by atoms with Gasteiger partial charge in [0.25, 0.3) is 0 Å². The standard InChI is InChI=1S/C15H21BrN2O2/c16-13-5-3-4-12(10-13)11-17-15(20)18-8-2-1-6-14(18)7-9-19/h3-5,10,14,19H,1-2,6-9,11H2,(H,17,20). The number of piperidine rings is 1. The summed E-state index contributed by atoms with van der Waals surface area (Å²) in [5, 5.41) is 12.1. The van der Waals surface area contributed by atoms with Crippen LogP contribution in [0.2, 0.25) is 0 Å². The monoisotopic (exact) mass is 340 g/mol. The second-order valence-corrected chi connectivity index (χ2v) is 6.06. The van der Waals surface area contributed by atoms with Gasteiger partial charge in [0.15, 0.2) is 0 Å². The van der Waals surface area contributed by atoms with Crippen molar-refractivity contribution < 1.29 is 9.90 Å². The lowest BCUT2D eigenvalue weighted by atomic mass is 10.0. The van der Waals surface area contributed by atoms with Gasteiger partial charge in [-0.05, 0) is 43.4 Å². The Morgan fingerprint density at radius 3 is 3.05 bits per heavy atom. The molecule has 2 N–H and O–H groups in total. The third kappa shape index (κ3) is 4.21. The smallest absolute Gasteiger partial charge is 0.317 e. The van der Waals surface area contributed by atoms with E-state index in [1.54, 1.807) is 0 Å². The van der Waals surface area contributed by atoms with E-state index in [9.17, 15) is 4.79 Å². The number of likely N-dealkylation sites (tertiary alicyclic amines) is 1. The molecule has 0 bridgehead atoms. The van der Waals surface area contributed by atoms with Crippen molar-refractivity contribution in [3.8, 4) is 0 Å². The van der Waals surface area contributed by atoms with Gasteiger partial charge in [-0.15, -0.1) is 0 Å². The Bertz CT molecular complexity index is 451. The largest absolute Gasteiger partial charge is 0.396 e. The Morgan fingerprint density at radius 1 is 1.45 bits per heavy atom. The van der Waals surface area contributed by atoms with E-state index in [1.165, 1.54) is 0 Å². The maximum Gasteiger partial charge on any atom is 0.317 e. The highest BCUT2D eigenvalue weighted by Crippen LogP contribution is 2.19. The number of nitrogens with zero attached hydrogens (tertiary/aromatic N) is 1. The molecule has 1 aromatic carbocycles. The number of halogens is 1. The van der Waals surface area contributed by atoms with Crippen molar-refractivity contribution in [2.75, 3.05) is 13.2 Å². The minimum atomic E-state index is -0.0249. The van der Waals surface area contributed by atoms with Crippen LogP contribution < -0.4 is 5.32 Å². The Balaban J connectivity index is 1.89. The molecular weight excluding hydrogens is 320 g/mol. The van der Waals surface area contributed by atoms with Gasteiger partial charge in [-0.1, -0.05) is 28.1 Å². The van der Waals surface area contributed by atoms with Crippen LogP contribution in [0, 0.1) is 0 Å². The first-order valence-electron chi connectivity index (χ1n) is 7.10. The molecule has 1 saturated heterocycles. The molecule has 1 aliphatic heterocycles. The molecule has 4 nitrogen and oxygen atoms in total. The number of hydrogen-bond acceptors (Lipinski definition) is 2. The topological polar surface area (TPSA) is 52.6 Å². The van der Waals surface area contributed by atoms with Crippen LogP contribution in [0.3, 0.4) is 0 Å². The molecule has 110 valence electrons. The van der Waals surface area contributed by atoms with Crippen LogP contribution in [-0.4, -0.2) is 35.2 Å². The van der Waals surface area contributed by atoms with Gasteiger partial charge < -0.3 is 15.3 Å². The lowest BCUT2D eigenvalue weighted by molar-refractivity contribution is 0.131. The van der Waals surface area contributed by atoms with E-state index in [2.05, 4.69) is 21.2 Å². The normalized spacial score (nSPS) is 18.9. The molecule has 0 aromatic heterocycles. The van der Waals surface area contributed by atoms with Crippen molar-refractivity contribution in [2.45, 2.75) is 38.3 Å². The number of benzene rings is 1. The summed E-state index contributed by atoms with van der Waals surface area (Å²) in [6.07, 6.45) is 3.85. The lowest BCUT2D eigenvalue weighted by Crippen LogP contribution is -2.48. The van der Waals surface area contributed by atoms with Crippen LogP contribution in [0.5, 0.6) is 0 Å². The molecule has 1 heterocycles. The molecule has 0 radical (unpaired) electrons. The number of nitrogens with one attached hydrogen (secondary N) is 1. The summed E-state index contributed by atoms with van der Waals surface area (Å²) in [6, 6.07) is 8.07. The fourth-order valence-corrected chi connectivity index (χ4v) is 3.09. The number of hydrogen-bond donors (Lipinski definition) is 2. The van der Waals surface area contributed by atoms with Crippen LogP contribution in [0.4, 0.5) is 4.79 Å². The van der Waals surface area contributed by atoms with Crippen molar-refractivity contribution in [1.82, 2.24) is 10.2 Å². The van der Waals surface area contributed by atoms with Crippen LogP contribution in [0.25, 0.3) is 0 Å². The number of rotatable bonds is 4. The summed E-state index contributed by atoms with van der Waals surface area (Å²) in [5.74, 6) is 0. The van der Waals surface area contributed by atoms with E-state index in [-0.39, 0.29) is 18.7 Å². The second-order valence-electron chi connectivity index (χ2n) is 5.14. The first-order chi connectivity index (χ1) is 9.70. The highest BCUT2D eigenvalue weighted by molar-refractivity contribution is 9.10. The van der Waals surface area contributed by atoms with Gasteiger partial charge in [-0.3, -0.25) is 0 Å². The van der Waals surface area contributed by atoms with E-state index < -0.39 is 0 Å². The first kappa shape index (κ1) is 15.3. The predicted octanol–water partition coefficient (Wildman–Crippen LogP) is 2.90. The number of carbonyl (C=O) groups is 1. The van der Waals surface area contributed by atoms with Crippen LogP contribution in [0.15, 0.2) is 28.7 Å². The first-order valence-corrected chi connectivity index (χ1v) is 7.90. The third-order valence-electron chi connectivity index (χ3n) is 3.68. The van der Waals surface area contributed by atoms with Gasteiger partial charge in [0.2, 0.25) is 0 Å². The van der Waals surface area contributed by atoms with Crippen molar-refractivity contribution in [3.63, 3.8) is 0 Å². The molecule has 1 unspecified atom stereocenters. The van der Waals surface area contributed by atoms with Crippen molar-refractivity contribution in [1.29, 1.82) is 0 Å². The van der Waals surface area contributed by atoms with Gasteiger partial charge in [0.05, 0.1) is 0 Å². The Hall–Kier alpha value is -1.07. The minimum Gasteiger partial charge on any atom is -0.396 e. The van der Waals surface area contributed by atoms with Crippen LogP contribution >= 0.6 is 15.9 Å². The number of urea groups is 1. The average molecular weight is 341 g/mol. The van der Waals surface area contributed by atoms with Crippen LogP contribution in [0.1, 0.15) is 31.2 Å². The summed E-state index contributed by atoms with van der Waals surface area (Å²) in [4.78, 5) is 14.1. The molecular formula is C15H21BrN2O2. The summed E-state index contributed by atoms with van der Waals surface area (Å²) in [6.45, 7) is 1.45. The molecule has 2 rings (SSSR count). The fourth-order valence-electron chi connectivity index (χ4n) is 2.64. The molecule has 0 saturated carbocycles. The summed E-state index contributed by atoms with van der Waals surface area (Å²) in [7, 11) is 0. The van der Waals surface area contributed by atoms with Gasteiger partial charge in [-0.25, -0.2) is 4.79 Å². The zero-order valence-corrected chi connectivity index (χ0v) is 13.1. The number of amides is 2. The quantitative estimate of drug-likeness (QED) is 0.885. The van der Waals surface area contributed by atoms with E-state index in [4.69, 9.17) is 5.11 Å². The van der Waals surface area contributed by atoms with E-state index in [1.807, 2.05) is 29.2 Å². The number of carbonyl (C=O) groups excluding carboxylic acids is 1. The molecule has 20 heavy (non-hydrogen) atoms. The van der Waals surface area contributed by atoms with Crippen molar-refractivity contribution in [3.05, 3.63) is 34.3 Å². The van der Waals surface area contributed by atoms with Gasteiger partial charge in [-0.2, -0.15) is 0 Å². The van der Waals surface area contributed by atoms with Crippen molar-refractivity contribution in [2.24, 2.45) is 0 Å². The Labute approximate surface area is 128 Å². The van der Waals surface area contributed by atoms with E-state index in [0.717, 1.165) is 35.8 Å². The third-order valence-corrected chi connectivity index (χ3v) is 4.18. The van der Waals surface area contributed by atoms with E-state index in [0.29, 0.717) is 13.0 Å². The molecule has 1 aliphatic rings. The number of aliphatic hydroxyl groups is 1. The van der Waals surface area contributed by atoms with Crippen LogP contribution in [-0.2, 0) is 6.54 Å². The van der Waals surface area contributed by atoms with Crippen molar-refractivity contribution >= 4 is 22.0 Å². The lowest BCUT2D eigenvalue weighted by Gasteiger charge is -2.35. The SMILES string of the molecule is O=C(NCc1cccc(Br)c1)N1CCCCC1CCO. The average Bonchev–Trinajstić information content (AvgIpc) is 2.46. The maximum atomic E-state index is 12.3. The molecule has 0 spiro atoms.